The molecule has 0 saturated carbocycles. The molecule has 0 unspecified atom stereocenters. The van der Waals surface area contributed by atoms with E-state index in [1.54, 1.807) is 10.3 Å². The number of amides is 1. The van der Waals surface area contributed by atoms with Gasteiger partial charge in [0.15, 0.2) is 0 Å². The van der Waals surface area contributed by atoms with Crippen LogP contribution < -0.4 is 0 Å². The maximum Gasteiger partial charge on any atom is 0.308 e. The minimum Gasteiger partial charge on any atom is -0.481 e. The first-order chi connectivity index (χ1) is 11.5. The van der Waals surface area contributed by atoms with Gasteiger partial charge in [-0.25, -0.2) is 4.98 Å². The Hall–Kier alpha value is -2.21. The molecule has 5 nitrogen and oxygen atoms in total. The first kappa shape index (κ1) is 16.6. The zero-order valence-corrected chi connectivity index (χ0v) is 14.4. The summed E-state index contributed by atoms with van der Waals surface area (Å²) in [7, 11) is 0. The Morgan fingerprint density at radius 2 is 2.08 bits per heavy atom. The molecule has 1 aliphatic rings. The lowest BCUT2D eigenvalue weighted by atomic mass is 9.98. The lowest BCUT2D eigenvalue weighted by Gasteiger charge is -2.30. The van der Waals surface area contributed by atoms with E-state index in [4.69, 9.17) is 5.11 Å². The molecule has 2 aromatic rings. The molecule has 3 rings (SSSR count). The number of carboxylic acids is 1. The Morgan fingerprint density at radius 3 is 2.79 bits per heavy atom. The first-order valence-corrected chi connectivity index (χ1v) is 8.93. The van der Waals surface area contributed by atoms with Gasteiger partial charge < -0.3 is 10.0 Å². The van der Waals surface area contributed by atoms with Gasteiger partial charge in [-0.3, -0.25) is 9.59 Å². The summed E-state index contributed by atoms with van der Waals surface area (Å²) in [4.78, 5) is 29.8. The third-order valence-electron chi connectivity index (χ3n) is 4.30. The molecule has 1 N–H and O–H groups in total. The lowest BCUT2D eigenvalue weighted by Crippen LogP contribution is -2.42. The maximum absolute atomic E-state index is 12.6. The Kier molecular flexibility index (Phi) is 4.94. The lowest BCUT2D eigenvalue weighted by molar-refractivity contribution is -0.143. The van der Waals surface area contributed by atoms with Crippen molar-refractivity contribution in [3.05, 3.63) is 51.5 Å². The fourth-order valence-electron chi connectivity index (χ4n) is 2.90. The number of carbonyl (C=O) groups excluding carboxylic acids is 1. The number of likely N-dealkylation sites (tertiary alicyclic amines) is 1. The number of nitrogens with zero attached hydrogens (tertiary/aromatic N) is 2. The van der Waals surface area contributed by atoms with Crippen molar-refractivity contribution in [3.8, 4) is 0 Å². The molecular formula is C18H20N2O3S. The zero-order valence-electron chi connectivity index (χ0n) is 13.6. The van der Waals surface area contributed by atoms with Crippen LogP contribution >= 0.6 is 11.3 Å². The summed E-state index contributed by atoms with van der Waals surface area (Å²) in [6.07, 6.45) is 2.06. The van der Waals surface area contributed by atoms with E-state index in [1.165, 1.54) is 16.9 Å². The summed E-state index contributed by atoms with van der Waals surface area (Å²) >= 11 is 1.47. The average Bonchev–Trinajstić information content (AvgIpc) is 3.05. The van der Waals surface area contributed by atoms with Gasteiger partial charge in [0.2, 0.25) is 0 Å². The van der Waals surface area contributed by atoms with Crippen LogP contribution in [0.4, 0.5) is 0 Å². The van der Waals surface area contributed by atoms with E-state index >= 15 is 0 Å². The number of piperidine rings is 1. The van der Waals surface area contributed by atoms with Gasteiger partial charge >= 0.3 is 5.97 Å². The van der Waals surface area contributed by atoms with Gasteiger partial charge in [-0.15, -0.1) is 11.3 Å². The van der Waals surface area contributed by atoms with Crippen molar-refractivity contribution in [2.24, 2.45) is 5.92 Å². The monoisotopic (exact) mass is 344 g/mol. The quantitative estimate of drug-likeness (QED) is 0.926. The van der Waals surface area contributed by atoms with Crippen molar-refractivity contribution in [2.45, 2.75) is 26.2 Å². The summed E-state index contributed by atoms with van der Waals surface area (Å²) in [5.74, 6) is -1.45. The summed E-state index contributed by atoms with van der Waals surface area (Å²) in [6, 6.07) is 8.27. The van der Waals surface area contributed by atoms with Gasteiger partial charge in [-0.2, -0.15) is 0 Å². The van der Waals surface area contributed by atoms with E-state index in [0.29, 0.717) is 25.1 Å². The molecule has 1 amide bonds. The second kappa shape index (κ2) is 7.13. The number of thiazole rings is 1. The van der Waals surface area contributed by atoms with Crippen LogP contribution in [0.3, 0.4) is 0 Å². The molecule has 2 heterocycles. The third kappa shape index (κ3) is 3.82. The topological polar surface area (TPSA) is 70.5 Å². The smallest absolute Gasteiger partial charge is 0.308 e. The Balaban J connectivity index is 1.67. The summed E-state index contributed by atoms with van der Waals surface area (Å²) in [5, 5.41) is 11.8. The molecule has 1 aromatic carbocycles. The Labute approximate surface area is 145 Å². The van der Waals surface area contributed by atoms with Crippen LogP contribution in [0.15, 0.2) is 29.6 Å². The van der Waals surface area contributed by atoms with E-state index in [-0.39, 0.29) is 12.5 Å². The molecule has 126 valence electrons. The van der Waals surface area contributed by atoms with Crippen LogP contribution in [-0.2, 0) is 11.2 Å². The minimum atomic E-state index is -0.828. The van der Waals surface area contributed by atoms with Crippen molar-refractivity contribution in [2.75, 3.05) is 13.1 Å². The number of hydrogen-bond acceptors (Lipinski definition) is 4. The van der Waals surface area contributed by atoms with E-state index in [1.807, 2.05) is 6.92 Å². The predicted molar refractivity (Wildman–Crippen MR) is 92.4 cm³/mol. The molecule has 1 aliphatic heterocycles. The molecule has 6 heteroatoms. The predicted octanol–water partition coefficient (Wildman–Crippen LogP) is 2.98. The van der Waals surface area contributed by atoms with Crippen LogP contribution in [0.25, 0.3) is 0 Å². The fraction of sp³-hybridized carbons (Fsp3) is 0.389. The first-order valence-electron chi connectivity index (χ1n) is 8.05. The molecule has 0 aliphatic carbocycles. The molecule has 1 fully saturated rings. The second-order valence-corrected chi connectivity index (χ2v) is 7.16. The van der Waals surface area contributed by atoms with Gasteiger partial charge in [0.25, 0.3) is 5.91 Å². The Morgan fingerprint density at radius 1 is 1.33 bits per heavy atom. The van der Waals surface area contributed by atoms with Crippen LogP contribution in [0.2, 0.25) is 0 Å². The SMILES string of the molecule is Cc1ccc(Cc2nc(C(=O)N3CCC[C@H](C(=O)O)C3)cs2)cc1. The molecule has 0 radical (unpaired) electrons. The van der Waals surface area contributed by atoms with Crippen LogP contribution in [0, 0.1) is 12.8 Å². The largest absolute Gasteiger partial charge is 0.481 e. The fourth-order valence-corrected chi connectivity index (χ4v) is 3.70. The van der Waals surface area contributed by atoms with E-state index in [9.17, 15) is 9.59 Å². The number of aryl methyl sites for hydroxylation is 1. The van der Waals surface area contributed by atoms with Gasteiger partial charge in [0.1, 0.15) is 5.69 Å². The van der Waals surface area contributed by atoms with E-state index < -0.39 is 11.9 Å². The number of benzene rings is 1. The average molecular weight is 344 g/mol. The normalized spacial score (nSPS) is 17.7. The van der Waals surface area contributed by atoms with Crippen LogP contribution in [-0.4, -0.2) is 40.0 Å². The highest BCUT2D eigenvalue weighted by Gasteiger charge is 2.29. The van der Waals surface area contributed by atoms with E-state index in [2.05, 4.69) is 29.2 Å². The number of hydrogen-bond donors (Lipinski definition) is 1. The van der Waals surface area contributed by atoms with Gasteiger partial charge in [-0.1, -0.05) is 29.8 Å². The van der Waals surface area contributed by atoms with Crippen molar-refractivity contribution >= 4 is 23.2 Å². The third-order valence-corrected chi connectivity index (χ3v) is 5.15. The number of carbonyl (C=O) groups is 2. The molecule has 1 aromatic heterocycles. The Bertz CT molecular complexity index is 739. The van der Waals surface area contributed by atoms with Gasteiger partial charge in [0, 0.05) is 24.9 Å². The summed E-state index contributed by atoms with van der Waals surface area (Å²) < 4.78 is 0. The van der Waals surface area contributed by atoms with Crippen molar-refractivity contribution in [1.29, 1.82) is 0 Å². The maximum atomic E-state index is 12.6. The summed E-state index contributed by atoms with van der Waals surface area (Å²) in [6.45, 7) is 2.93. The minimum absolute atomic E-state index is 0.160. The molecular weight excluding hydrogens is 324 g/mol. The molecule has 0 bridgehead atoms. The molecule has 24 heavy (non-hydrogen) atoms. The number of aliphatic carboxylic acids is 1. The second-order valence-electron chi connectivity index (χ2n) is 6.22. The highest BCUT2D eigenvalue weighted by Crippen LogP contribution is 2.21. The van der Waals surface area contributed by atoms with Crippen molar-refractivity contribution in [1.82, 2.24) is 9.88 Å². The van der Waals surface area contributed by atoms with Crippen molar-refractivity contribution in [3.63, 3.8) is 0 Å². The molecule has 1 saturated heterocycles. The van der Waals surface area contributed by atoms with Crippen LogP contribution in [0.1, 0.15) is 39.5 Å². The molecule has 0 spiro atoms. The van der Waals surface area contributed by atoms with Crippen LogP contribution in [0.5, 0.6) is 0 Å². The number of carboxylic acid groups (broad SMARTS) is 1. The highest BCUT2D eigenvalue weighted by molar-refractivity contribution is 7.09. The zero-order chi connectivity index (χ0) is 17.1. The van der Waals surface area contributed by atoms with Gasteiger partial charge in [-0.05, 0) is 25.3 Å². The molecule has 1 atom stereocenters. The standard InChI is InChI=1S/C18H20N2O3S/c1-12-4-6-13(7-5-12)9-16-19-15(11-24-16)17(21)20-8-2-3-14(10-20)18(22)23/h4-7,11,14H,2-3,8-10H2,1H3,(H,22,23)/t14-/m0/s1. The van der Waals surface area contributed by atoms with Gasteiger partial charge in [0.05, 0.1) is 10.9 Å². The summed E-state index contributed by atoms with van der Waals surface area (Å²) in [5.41, 5.74) is 2.80. The van der Waals surface area contributed by atoms with Crippen molar-refractivity contribution < 1.29 is 14.7 Å². The number of aromatic nitrogens is 1. The number of rotatable bonds is 4. The van der Waals surface area contributed by atoms with E-state index in [0.717, 1.165) is 17.0 Å². The highest BCUT2D eigenvalue weighted by atomic mass is 32.1.